The van der Waals surface area contributed by atoms with Crippen molar-refractivity contribution in [1.29, 1.82) is 0 Å². The van der Waals surface area contributed by atoms with Gasteiger partial charge in [-0.2, -0.15) is 0 Å². The Balaban J connectivity index is 1.97. The number of fused-ring (bicyclic) bond motifs is 3. The number of benzene rings is 1. The van der Waals surface area contributed by atoms with Crippen LogP contribution in [0.2, 0.25) is 0 Å². The summed E-state index contributed by atoms with van der Waals surface area (Å²) in [6.07, 6.45) is 1.04. The van der Waals surface area contributed by atoms with Crippen LogP contribution in [0.4, 0.5) is 0 Å². The molecule has 3 aliphatic carbocycles. The van der Waals surface area contributed by atoms with Crippen molar-refractivity contribution in [3.63, 3.8) is 0 Å². The Labute approximate surface area is 211 Å². The van der Waals surface area contributed by atoms with Gasteiger partial charge in [-0.1, -0.05) is 47.6 Å². The topological polar surface area (TPSA) is 126 Å². The van der Waals surface area contributed by atoms with Gasteiger partial charge < -0.3 is 10.2 Å². The molecule has 0 spiro atoms. The number of phenolic OH excluding ortho intramolecular Hbond substituents is 1. The smallest absolute Gasteiger partial charge is 0.190 e. The Hall–Kier alpha value is -2.67. The van der Waals surface area contributed by atoms with E-state index in [2.05, 4.69) is 13.8 Å². The molecule has 194 valence electrons. The van der Waals surface area contributed by atoms with Crippen molar-refractivity contribution in [1.82, 2.24) is 0 Å². The van der Waals surface area contributed by atoms with Crippen molar-refractivity contribution < 1.29 is 34.2 Å². The number of aliphatic hydroxyl groups is 1. The fraction of sp³-hybridized carbons (Fsp3) is 0.621. The minimum atomic E-state index is -2.66. The Kier molecular flexibility index (Phi) is 5.99. The van der Waals surface area contributed by atoms with E-state index >= 15 is 0 Å². The van der Waals surface area contributed by atoms with E-state index in [4.69, 9.17) is 0 Å². The zero-order valence-electron chi connectivity index (χ0n) is 22.1. The molecule has 0 heterocycles. The summed E-state index contributed by atoms with van der Waals surface area (Å²) in [6.45, 7) is 12.2. The lowest BCUT2D eigenvalue weighted by atomic mass is 9.40. The van der Waals surface area contributed by atoms with Crippen LogP contribution in [0.1, 0.15) is 76.4 Å². The van der Waals surface area contributed by atoms with Gasteiger partial charge in [0.15, 0.2) is 28.7 Å². The molecular weight excluding hydrogens is 460 g/mol. The number of ketones is 5. The lowest BCUT2D eigenvalue weighted by Crippen LogP contribution is -2.76. The normalized spacial score (nSPS) is 36.1. The fourth-order valence-electron chi connectivity index (χ4n) is 7.83. The average Bonchev–Trinajstić information content (AvgIpc) is 2.72. The minimum Gasteiger partial charge on any atom is -0.507 e. The number of phenols is 1. The van der Waals surface area contributed by atoms with E-state index in [-0.39, 0.29) is 36.0 Å². The monoisotopic (exact) mass is 496 g/mol. The molecule has 0 saturated heterocycles. The number of Topliss-reactive ketones (excluding diaryl/α,β-unsaturated/α-hetero) is 5. The molecule has 7 nitrogen and oxygen atoms in total. The highest BCUT2D eigenvalue weighted by Crippen LogP contribution is 2.63. The highest BCUT2D eigenvalue weighted by molar-refractivity contribution is 6.32. The Morgan fingerprint density at radius 1 is 1.06 bits per heavy atom. The summed E-state index contributed by atoms with van der Waals surface area (Å²) in [5, 5.41) is 22.6. The van der Waals surface area contributed by atoms with Crippen LogP contribution in [-0.4, -0.2) is 44.7 Å². The van der Waals surface area contributed by atoms with Gasteiger partial charge >= 0.3 is 0 Å². The molecule has 1 aromatic carbocycles. The van der Waals surface area contributed by atoms with Crippen molar-refractivity contribution in [2.45, 2.75) is 73.3 Å². The van der Waals surface area contributed by atoms with Crippen LogP contribution in [0.25, 0.3) is 0 Å². The van der Waals surface area contributed by atoms with E-state index in [9.17, 15) is 34.2 Å². The number of carbonyl (C=O) groups excluding carboxylic acids is 5. The molecule has 3 unspecified atom stereocenters. The molecule has 0 amide bonds. The van der Waals surface area contributed by atoms with Crippen molar-refractivity contribution in [2.75, 3.05) is 0 Å². The van der Waals surface area contributed by atoms with Crippen LogP contribution in [0.15, 0.2) is 12.1 Å². The highest BCUT2D eigenvalue weighted by Gasteiger charge is 2.76. The van der Waals surface area contributed by atoms with Crippen LogP contribution >= 0.6 is 0 Å². The second kappa shape index (κ2) is 8.17. The van der Waals surface area contributed by atoms with Crippen molar-refractivity contribution in [3.05, 3.63) is 28.8 Å². The van der Waals surface area contributed by atoms with Gasteiger partial charge in [0.05, 0.1) is 11.5 Å². The van der Waals surface area contributed by atoms with Crippen LogP contribution in [0.3, 0.4) is 0 Å². The molecule has 2 N–H and O–H groups in total. The molecule has 1 aromatic rings. The van der Waals surface area contributed by atoms with Gasteiger partial charge in [0, 0.05) is 11.3 Å². The second-order valence-corrected chi connectivity index (χ2v) is 12.5. The van der Waals surface area contributed by atoms with Crippen molar-refractivity contribution >= 4 is 28.9 Å². The van der Waals surface area contributed by atoms with Gasteiger partial charge in [0.1, 0.15) is 17.5 Å². The fourth-order valence-corrected chi connectivity index (χ4v) is 7.83. The molecule has 0 radical (unpaired) electrons. The maximum absolute atomic E-state index is 14.2. The highest BCUT2D eigenvalue weighted by atomic mass is 16.3. The molecule has 0 aromatic heterocycles. The third-order valence-electron chi connectivity index (χ3n) is 8.99. The molecule has 36 heavy (non-hydrogen) atoms. The SMILES string of the molecule is CC(=O)C1C(=O)C(C(C)C)[C@@]2(C)C[C@@]3(C)Cc4c(CC(C)C)ccc(O)c4C(=O)C3C(=O)[C@@]2(O)C1=O. The molecule has 2 saturated carbocycles. The number of carbonyl (C=O) groups is 5. The first-order valence-electron chi connectivity index (χ1n) is 12.8. The number of hydrogen-bond acceptors (Lipinski definition) is 7. The first-order valence-corrected chi connectivity index (χ1v) is 12.8. The Morgan fingerprint density at radius 2 is 1.67 bits per heavy atom. The lowest BCUT2D eigenvalue weighted by molar-refractivity contribution is -0.205. The van der Waals surface area contributed by atoms with Crippen molar-refractivity contribution in [2.24, 2.45) is 40.4 Å². The van der Waals surface area contributed by atoms with E-state index in [1.165, 1.54) is 6.07 Å². The number of aromatic hydroxyl groups is 1. The molecule has 0 aliphatic heterocycles. The third kappa shape index (κ3) is 3.24. The molecular formula is C29H36O7. The maximum atomic E-state index is 14.2. The Bertz CT molecular complexity index is 1210. The van der Waals surface area contributed by atoms with Gasteiger partial charge in [-0.25, -0.2) is 0 Å². The maximum Gasteiger partial charge on any atom is 0.190 e. The summed E-state index contributed by atoms with van der Waals surface area (Å²) in [5.74, 6) is -8.32. The van der Waals surface area contributed by atoms with E-state index < -0.39 is 63.1 Å². The third-order valence-corrected chi connectivity index (χ3v) is 8.99. The molecule has 3 aliphatic rings. The predicted octanol–water partition coefficient (Wildman–Crippen LogP) is 3.29. The largest absolute Gasteiger partial charge is 0.507 e. The van der Waals surface area contributed by atoms with Gasteiger partial charge in [0.2, 0.25) is 0 Å². The summed E-state index contributed by atoms with van der Waals surface area (Å²) < 4.78 is 0. The molecule has 6 atom stereocenters. The van der Waals surface area contributed by atoms with E-state index in [1.54, 1.807) is 33.8 Å². The van der Waals surface area contributed by atoms with Gasteiger partial charge in [-0.05, 0) is 60.6 Å². The predicted molar refractivity (Wildman–Crippen MR) is 131 cm³/mol. The van der Waals surface area contributed by atoms with E-state index in [0.717, 1.165) is 12.5 Å². The van der Waals surface area contributed by atoms with Crippen LogP contribution in [0, 0.1) is 40.4 Å². The second-order valence-electron chi connectivity index (χ2n) is 12.5. The Morgan fingerprint density at radius 3 is 2.19 bits per heavy atom. The van der Waals surface area contributed by atoms with Gasteiger partial charge in [-0.3, -0.25) is 24.0 Å². The summed E-state index contributed by atoms with van der Waals surface area (Å²) in [5.41, 5.74) is -3.47. The zero-order valence-corrected chi connectivity index (χ0v) is 22.1. The first kappa shape index (κ1) is 26.4. The van der Waals surface area contributed by atoms with E-state index in [0.29, 0.717) is 12.0 Å². The summed E-state index contributed by atoms with van der Waals surface area (Å²) >= 11 is 0. The molecule has 4 rings (SSSR count). The summed E-state index contributed by atoms with van der Waals surface area (Å²) in [4.78, 5) is 67.6. The lowest BCUT2D eigenvalue weighted by Gasteiger charge is -2.62. The van der Waals surface area contributed by atoms with Crippen molar-refractivity contribution in [3.8, 4) is 5.75 Å². The van der Waals surface area contributed by atoms with Gasteiger partial charge in [-0.15, -0.1) is 0 Å². The number of hydrogen-bond donors (Lipinski definition) is 2. The van der Waals surface area contributed by atoms with Crippen LogP contribution in [-0.2, 0) is 32.0 Å². The first-order chi connectivity index (χ1) is 16.5. The molecule has 0 bridgehead atoms. The minimum absolute atomic E-state index is 0.0686. The van der Waals surface area contributed by atoms with Crippen LogP contribution < -0.4 is 0 Å². The summed E-state index contributed by atoms with van der Waals surface area (Å²) in [6, 6.07) is 3.25. The quantitative estimate of drug-likeness (QED) is 0.613. The standard InChI is InChI=1S/C29H36O7/c1-13(2)10-16-8-9-18(31)20-17(16)11-27(6)12-28(7)21(14(3)4)23(32)19(15(5)30)25(34)29(28,36)26(35)22(27)24(20)33/h8-9,13-14,19,21-22,31,36H,10-12H2,1-7H3/t19?,21?,22?,27-,28-,29+/m1/s1. The summed E-state index contributed by atoms with van der Waals surface area (Å²) in [7, 11) is 0. The molecule has 7 heteroatoms. The van der Waals surface area contributed by atoms with Gasteiger partial charge in [0.25, 0.3) is 0 Å². The zero-order chi connectivity index (χ0) is 27.1. The van der Waals surface area contributed by atoms with Crippen LogP contribution in [0.5, 0.6) is 5.75 Å². The average molecular weight is 497 g/mol. The molecule has 2 fully saturated rings. The van der Waals surface area contributed by atoms with E-state index in [1.807, 2.05) is 0 Å². The number of rotatable bonds is 4.